The average molecular weight is 340 g/mol. The van der Waals surface area contributed by atoms with Crippen molar-refractivity contribution in [1.29, 1.82) is 0 Å². The van der Waals surface area contributed by atoms with Crippen LogP contribution in [-0.4, -0.2) is 50.7 Å². The van der Waals surface area contributed by atoms with Crippen LogP contribution < -0.4 is 5.32 Å². The Hall–Kier alpha value is -2.28. The van der Waals surface area contributed by atoms with Gasteiger partial charge in [0.2, 0.25) is 0 Å². The Bertz CT molecular complexity index is 774. The van der Waals surface area contributed by atoms with E-state index in [1.165, 1.54) is 0 Å². The van der Waals surface area contributed by atoms with E-state index in [2.05, 4.69) is 32.3 Å². The number of carbonyl (C=O) groups is 1. The first-order valence-corrected chi connectivity index (χ1v) is 8.98. The van der Waals surface area contributed by atoms with Crippen LogP contribution in [0.2, 0.25) is 0 Å². The van der Waals surface area contributed by atoms with E-state index in [1.54, 1.807) is 12.4 Å². The Labute approximate surface area is 147 Å². The number of rotatable bonds is 4. The van der Waals surface area contributed by atoms with E-state index in [4.69, 9.17) is 0 Å². The van der Waals surface area contributed by atoms with Crippen molar-refractivity contribution >= 4 is 11.6 Å². The predicted molar refractivity (Wildman–Crippen MR) is 94.7 cm³/mol. The van der Waals surface area contributed by atoms with Crippen LogP contribution in [0, 0.1) is 6.92 Å². The monoisotopic (exact) mass is 340 g/mol. The Morgan fingerprint density at radius 1 is 1.20 bits per heavy atom. The quantitative estimate of drug-likeness (QED) is 0.925. The molecule has 1 aliphatic heterocycles. The van der Waals surface area contributed by atoms with Crippen LogP contribution in [0.5, 0.6) is 0 Å². The number of carbonyl (C=O) groups excluding carboxylic acids is 1. The molecule has 25 heavy (non-hydrogen) atoms. The maximum absolute atomic E-state index is 12.7. The number of nitrogens with zero attached hydrogens (tertiary/aromatic N) is 5. The average Bonchev–Trinajstić information content (AvgIpc) is 3.35. The van der Waals surface area contributed by atoms with Crippen molar-refractivity contribution in [2.24, 2.45) is 0 Å². The molecule has 2 fully saturated rings. The maximum Gasteiger partial charge on any atom is 0.259 e. The molecule has 7 nitrogen and oxygen atoms in total. The minimum absolute atomic E-state index is 0.148. The molecule has 0 aromatic carbocycles. The van der Waals surface area contributed by atoms with Gasteiger partial charge in [0.1, 0.15) is 5.82 Å². The van der Waals surface area contributed by atoms with Crippen LogP contribution in [0.3, 0.4) is 0 Å². The van der Waals surface area contributed by atoms with Crippen LogP contribution >= 0.6 is 0 Å². The Morgan fingerprint density at radius 2 is 1.96 bits per heavy atom. The third kappa shape index (κ3) is 3.56. The highest BCUT2D eigenvalue weighted by Crippen LogP contribution is 2.40. The van der Waals surface area contributed by atoms with Gasteiger partial charge in [0.05, 0.1) is 29.2 Å². The van der Waals surface area contributed by atoms with Crippen molar-refractivity contribution in [2.45, 2.75) is 44.6 Å². The molecule has 7 heteroatoms. The summed E-state index contributed by atoms with van der Waals surface area (Å²) in [7, 11) is 2.14. The summed E-state index contributed by atoms with van der Waals surface area (Å²) in [5.41, 5.74) is 2.19. The molecule has 2 aromatic rings. The summed E-state index contributed by atoms with van der Waals surface area (Å²) in [5.74, 6) is 0.975. The molecule has 2 aromatic heterocycles. The Balaban J connectivity index is 1.47. The molecule has 1 saturated carbocycles. The fraction of sp³-hybridized carbons (Fsp3) is 0.556. The molecular formula is C18H24N6O. The second-order valence-corrected chi connectivity index (χ2v) is 7.19. The van der Waals surface area contributed by atoms with Crippen molar-refractivity contribution in [3.63, 3.8) is 0 Å². The molecule has 0 unspecified atom stereocenters. The van der Waals surface area contributed by atoms with E-state index >= 15 is 0 Å². The summed E-state index contributed by atoms with van der Waals surface area (Å²) in [6, 6.07) is 0.409. The molecule has 132 valence electrons. The first-order valence-electron chi connectivity index (χ1n) is 8.98. The van der Waals surface area contributed by atoms with E-state index in [9.17, 15) is 4.79 Å². The lowest BCUT2D eigenvalue weighted by Crippen LogP contribution is -2.31. The zero-order valence-electron chi connectivity index (χ0n) is 14.8. The normalized spacial score (nSPS) is 19.1. The highest BCUT2D eigenvalue weighted by atomic mass is 16.1. The van der Waals surface area contributed by atoms with Crippen molar-refractivity contribution in [3.8, 4) is 0 Å². The number of nitrogens with one attached hydrogen (secondary N) is 1. The zero-order valence-corrected chi connectivity index (χ0v) is 14.8. The lowest BCUT2D eigenvalue weighted by molar-refractivity contribution is 0.102. The smallest absolute Gasteiger partial charge is 0.259 e. The maximum atomic E-state index is 12.7. The third-order valence-electron chi connectivity index (χ3n) is 5.07. The number of anilines is 1. The molecule has 1 aliphatic carbocycles. The predicted octanol–water partition coefficient (Wildman–Crippen LogP) is 2.38. The van der Waals surface area contributed by atoms with Crippen molar-refractivity contribution in [1.82, 2.24) is 24.6 Å². The molecule has 0 bridgehead atoms. The van der Waals surface area contributed by atoms with Gasteiger partial charge in [-0.15, -0.1) is 0 Å². The second-order valence-electron chi connectivity index (χ2n) is 7.19. The summed E-state index contributed by atoms with van der Waals surface area (Å²) < 4.78 is 1.98. The summed E-state index contributed by atoms with van der Waals surface area (Å²) >= 11 is 0. The van der Waals surface area contributed by atoms with Gasteiger partial charge in [-0.1, -0.05) is 0 Å². The largest absolute Gasteiger partial charge is 0.319 e. The highest BCUT2D eigenvalue weighted by Gasteiger charge is 2.30. The SMILES string of the molecule is Cc1ncc(C(=O)Nc2cnn(C3CCN(C)CC3)c2)c(C2CC2)n1. The number of piperidine rings is 1. The van der Waals surface area contributed by atoms with Gasteiger partial charge in [-0.05, 0) is 52.7 Å². The Kier molecular flexibility index (Phi) is 4.25. The number of hydrogen-bond donors (Lipinski definition) is 1. The fourth-order valence-electron chi connectivity index (χ4n) is 3.39. The van der Waals surface area contributed by atoms with Crippen LogP contribution in [0.1, 0.15) is 59.5 Å². The minimum Gasteiger partial charge on any atom is -0.319 e. The molecule has 0 atom stereocenters. The van der Waals surface area contributed by atoms with Crippen LogP contribution in [0.15, 0.2) is 18.6 Å². The molecule has 4 rings (SSSR count). The molecule has 3 heterocycles. The van der Waals surface area contributed by atoms with E-state index in [0.29, 0.717) is 23.3 Å². The standard InChI is InChI=1S/C18H24N6O/c1-12-19-10-16(17(21-12)13-3-4-13)18(25)22-14-9-20-24(11-14)15-5-7-23(2)8-6-15/h9-11,13,15H,3-8H2,1-2H3,(H,22,25). The molecule has 2 aliphatic rings. The van der Waals surface area contributed by atoms with Gasteiger partial charge in [0, 0.05) is 18.3 Å². The number of likely N-dealkylation sites (tertiary alicyclic amines) is 1. The van der Waals surface area contributed by atoms with Crippen molar-refractivity contribution < 1.29 is 4.79 Å². The molecule has 1 saturated heterocycles. The third-order valence-corrected chi connectivity index (χ3v) is 5.07. The topological polar surface area (TPSA) is 75.9 Å². The highest BCUT2D eigenvalue weighted by molar-refractivity contribution is 6.04. The first kappa shape index (κ1) is 16.2. The van der Waals surface area contributed by atoms with Gasteiger partial charge in [-0.2, -0.15) is 5.10 Å². The van der Waals surface area contributed by atoms with Gasteiger partial charge >= 0.3 is 0 Å². The van der Waals surface area contributed by atoms with Crippen LogP contribution in [0.25, 0.3) is 0 Å². The molecule has 1 N–H and O–H groups in total. The van der Waals surface area contributed by atoms with Gasteiger partial charge in [0.15, 0.2) is 0 Å². The van der Waals surface area contributed by atoms with Gasteiger partial charge in [0.25, 0.3) is 5.91 Å². The fourth-order valence-corrected chi connectivity index (χ4v) is 3.39. The molecular weight excluding hydrogens is 316 g/mol. The number of aromatic nitrogens is 4. The Morgan fingerprint density at radius 3 is 2.68 bits per heavy atom. The minimum atomic E-state index is -0.148. The molecule has 0 radical (unpaired) electrons. The first-order chi connectivity index (χ1) is 12.1. The van der Waals surface area contributed by atoms with E-state index in [1.807, 2.05) is 17.8 Å². The van der Waals surface area contributed by atoms with Crippen molar-refractivity contribution in [3.05, 3.63) is 35.7 Å². The van der Waals surface area contributed by atoms with E-state index < -0.39 is 0 Å². The number of amides is 1. The molecule has 0 spiro atoms. The van der Waals surface area contributed by atoms with Gasteiger partial charge in [-0.3, -0.25) is 9.48 Å². The summed E-state index contributed by atoms with van der Waals surface area (Å²) in [6.45, 7) is 4.02. The summed E-state index contributed by atoms with van der Waals surface area (Å²) in [5, 5.41) is 7.40. The lowest BCUT2D eigenvalue weighted by atomic mass is 10.1. The summed E-state index contributed by atoms with van der Waals surface area (Å²) in [4.78, 5) is 23.7. The van der Waals surface area contributed by atoms with Gasteiger partial charge < -0.3 is 10.2 Å². The number of aryl methyl sites for hydroxylation is 1. The van der Waals surface area contributed by atoms with Crippen LogP contribution in [-0.2, 0) is 0 Å². The lowest BCUT2D eigenvalue weighted by Gasteiger charge is -2.28. The van der Waals surface area contributed by atoms with Gasteiger partial charge in [-0.25, -0.2) is 9.97 Å². The van der Waals surface area contributed by atoms with Crippen LogP contribution in [0.4, 0.5) is 5.69 Å². The number of hydrogen-bond acceptors (Lipinski definition) is 5. The summed E-state index contributed by atoms with van der Waals surface area (Å²) in [6.07, 6.45) is 9.68. The second kappa shape index (κ2) is 6.55. The van der Waals surface area contributed by atoms with Crippen molar-refractivity contribution in [2.75, 3.05) is 25.5 Å². The zero-order chi connectivity index (χ0) is 17.4. The van der Waals surface area contributed by atoms with E-state index in [0.717, 1.165) is 50.2 Å². The molecule has 1 amide bonds. The van der Waals surface area contributed by atoms with E-state index in [-0.39, 0.29) is 5.91 Å².